The molecule has 0 atom stereocenters. The first kappa shape index (κ1) is 21.0. The molecule has 1 amide bonds. The number of thiazole rings is 1. The van der Waals surface area contributed by atoms with E-state index in [1.165, 1.54) is 22.7 Å². The van der Waals surface area contributed by atoms with Gasteiger partial charge in [0.2, 0.25) is 5.13 Å². The first-order valence-electron chi connectivity index (χ1n) is 9.44. The van der Waals surface area contributed by atoms with Gasteiger partial charge in [-0.05, 0) is 48.9 Å². The van der Waals surface area contributed by atoms with Crippen molar-refractivity contribution in [1.82, 2.24) is 15.2 Å². The van der Waals surface area contributed by atoms with Crippen LogP contribution in [0.5, 0.6) is 11.5 Å². The van der Waals surface area contributed by atoms with Gasteiger partial charge in [0.15, 0.2) is 0 Å². The lowest BCUT2D eigenvalue weighted by molar-refractivity contribution is 0.102. The fourth-order valence-corrected chi connectivity index (χ4v) is 4.65. The molecular formula is C22H20N4O3S2. The summed E-state index contributed by atoms with van der Waals surface area (Å²) in [6.07, 6.45) is 0.638. The van der Waals surface area contributed by atoms with Crippen LogP contribution in [0.1, 0.15) is 25.9 Å². The molecule has 0 radical (unpaired) electrons. The Balaban J connectivity index is 1.44. The summed E-state index contributed by atoms with van der Waals surface area (Å²) in [6, 6.07) is 15.4. The Bertz CT molecular complexity index is 1180. The molecule has 2 aromatic heterocycles. The SMILES string of the molecule is COc1ccc(Cc2nnc(NC(=O)c3sc(-c4ccc(OC)cc4)nc3C)s2)cc1. The quantitative estimate of drug-likeness (QED) is 0.432. The van der Waals surface area contributed by atoms with Gasteiger partial charge in [-0.2, -0.15) is 0 Å². The zero-order valence-corrected chi connectivity index (χ0v) is 18.8. The second kappa shape index (κ2) is 9.23. The fraction of sp³-hybridized carbons (Fsp3) is 0.182. The summed E-state index contributed by atoms with van der Waals surface area (Å²) < 4.78 is 10.4. The summed E-state index contributed by atoms with van der Waals surface area (Å²) in [7, 11) is 3.26. The lowest BCUT2D eigenvalue weighted by Crippen LogP contribution is -2.11. The van der Waals surface area contributed by atoms with Gasteiger partial charge in [-0.15, -0.1) is 21.5 Å². The number of amides is 1. The van der Waals surface area contributed by atoms with Crippen molar-refractivity contribution in [1.29, 1.82) is 0 Å². The van der Waals surface area contributed by atoms with Crippen LogP contribution in [0.4, 0.5) is 5.13 Å². The first-order chi connectivity index (χ1) is 15.1. The number of rotatable bonds is 7. The van der Waals surface area contributed by atoms with Crippen LogP contribution in [-0.4, -0.2) is 35.3 Å². The molecule has 0 saturated carbocycles. The maximum Gasteiger partial charge on any atom is 0.269 e. The number of hydrogen-bond donors (Lipinski definition) is 1. The van der Waals surface area contributed by atoms with Crippen LogP contribution in [-0.2, 0) is 6.42 Å². The van der Waals surface area contributed by atoms with Crippen LogP contribution >= 0.6 is 22.7 Å². The smallest absolute Gasteiger partial charge is 0.269 e. The number of ether oxygens (including phenoxy) is 2. The third-order valence-electron chi connectivity index (χ3n) is 4.54. The molecule has 2 heterocycles. The van der Waals surface area contributed by atoms with Gasteiger partial charge in [0.05, 0.1) is 19.9 Å². The van der Waals surface area contributed by atoms with Gasteiger partial charge in [-0.25, -0.2) is 4.98 Å². The third-order valence-corrected chi connectivity index (χ3v) is 6.59. The molecule has 7 nitrogen and oxygen atoms in total. The molecule has 0 aliphatic carbocycles. The molecule has 0 saturated heterocycles. The highest BCUT2D eigenvalue weighted by molar-refractivity contribution is 7.17. The first-order valence-corrected chi connectivity index (χ1v) is 11.1. The van der Waals surface area contributed by atoms with Gasteiger partial charge in [0.25, 0.3) is 5.91 Å². The largest absolute Gasteiger partial charge is 0.497 e. The predicted molar refractivity (Wildman–Crippen MR) is 123 cm³/mol. The molecule has 0 bridgehead atoms. The molecule has 9 heteroatoms. The van der Waals surface area contributed by atoms with Crippen molar-refractivity contribution >= 4 is 33.7 Å². The molecule has 31 heavy (non-hydrogen) atoms. The number of nitrogens with one attached hydrogen (secondary N) is 1. The van der Waals surface area contributed by atoms with Gasteiger partial charge in [0.1, 0.15) is 26.4 Å². The molecule has 0 unspecified atom stereocenters. The van der Waals surface area contributed by atoms with Crippen molar-refractivity contribution in [3.05, 3.63) is 69.7 Å². The van der Waals surface area contributed by atoms with E-state index in [-0.39, 0.29) is 5.91 Å². The van der Waals surface area contributed by atoms with Gasteiger partial charge in [0, 0.05) is 12.0 Å². The van der Waals surface area contributed by atoms with Crippen LogP contribution in [0.15, 0.2) is 48.5 Å². The lowest BCUT2D eigenvalue weighted by Gasteiger charge is -2.01. The van der Waals surface area contributed by atoms with E-state index in [4.69, 9.17) is 9.47 Å². The number of aromatic nitrogens is 3. The minimum atomic E-state index is -0.234. The Morgan fingerprint density at radius 2 is 1.58 bits per heavy atom. The Kier molecular flexibility index (Phi) is 6.24. The van der Waals surface area contributed by atoms with Crippen LogP contribution < -0.4 is 14.8 Å². The van der Waals surface area contributed by atoms with E-state index in [0.29, 0.717) is 22.1 Å². The molecular weight excluding hydrogens is 432 g/mol. The maximum atomic E-state index is 12.8. The standard InChI is InChI=1S/C22H20N4O3S2/c1-13-19(31-21(23-13)15-6-10-17(29-3)11-7-15)20(27)24-22-26-25-18(30-22)12-14-4-8-16(28-2)9-5-14/h4-11H,12H2,1-3H3,(H,24,26,27). The van der Waals surface area contributed by atoms with E-state index in [2.05, 4.69) is 20.5 Å². The molecule has 0 fully saturated rings. The number of aryl methyl sites for hydroxylation is 1. The van der Waals surface area contributed by atoms with Crippen LogP contribution in [0.2, 0.25) is 0 Å². The highest BCUT2D eigenvalue weighted by Gasteiger charge is 2.18. The molecule has 1 N–H and O–H groups in total. The van der Waals surface area contributed by atoms with E-state index in [1.807, 2.05) is 55.5 Å². The maximum absolute atomic E-state index is 12.8. The van der Waals surface area contributed by atoms with E-state index in [9.17, 15) is 4.79 Å². The van der Waals surface area contributed by atoms with E-state index >= 15 is 0 Å². The van der Waals surface area contributed by atoms with Gasteiger partial charge in [-0.3, -0.25) is 10.1 Å². The summed E-state index contributed by atoms with van der Waals surface area (Å²) in [5.74, 6) is 1.35. The Morgan fingerprint density at radius 1 is 0.935 bits per heavy atom. The average molecular weight is 453 g/mol. The average Bonchev–Trinajstić information content (AvgIpc) is 3.40. The van der Waals surface area contributed by atoms with Crippen LogP contribution in [0.3, 0.4) is 0 Å². The molecule has 4 rings (SSSR count). The zero-order chi connectivity index (χ0) is 21.8. The summed E-state index contributed by atoms with van der Waals surface area (Å²) >= 11 is 2.71. The monoisotopic (exact) mass is 452 g/mol. The number of anilines is 1. The topological polar surface area (TPSA) is 86.2 Å². The lowest BCUT2D eigenvalue weighted by atomic mass is 10.1. The minimum Gasteiger partial charge on any atom is -0.497 e. The number of methoxy groups -OCH3 is 2. The highest BCUT2D eigenvalue weighted by Crippen LogP contribution is 2.30. The Morgan fingerprint density at radius 3 is 2.23 bits per heavy atom. The van der Waals surface area contributed by atoms with Crippen molar-refractivity contribution < 1.29 is 14.3 Å². The van der Waals surface area contributed by atoms with Gasteiger partial charge in [-0.1, -0.05) is 23.5 Å². The number of carbonyl (C=O) groups is 1. The van der Waals surface area contributed by atoms with E-state index in [0.717, 1.165) is 32.6 Å². The van der Waals surface area contributed by atoms with Crippen LogP contribution in [0.25, 0.3) is 10.6 Å². The highest BCUT2D eigenvalue weighted by atomic mass is 32.1. The normalized spacial score (nSPS) is 10.7. The molecule has 0 aliphatic rings. The summed E-state index contributed by atoms with van der Waals surface area (Å²) in [6.45, 7) is 1.83. The van der Waals surface area contributed by atoms with Crippen molar-refractivity contribution in [2.24, 2.45) is 0 Å². The molecule has 2 aromatic carbocycles. The Hall–Kier alpha value is -3.30. The predicted octanol–water partition coefficient (Wildman–Crippen LogP) is 4.83. The summed E-state index contributed by atoms with van der Waals surface area (Å²) in [5, 5.41) is 13.2. The van der Waals surface area contributed by atoms with Crippen LogP contribution in [0, 0.1) is 6.92 Å². The minimum absolute atomic E-state index is 0.234. The van der Waals surface area contributed by atoms with Crippen molar-refractivity contribution in [3.63, 3.8) is 0 Å². The number of nitrogens with zero attached hydrogens (tertiary/aromatic N) is 3. The second-order valence-electron chi connectivity index (χ2n) is 6.64. The molecule has 0 aliphatic heterocycles. The molecule has 158 valence electrons. The zero-order valence-electron chi connectivity index (χ0n) is 17.2. The van der Waals surface area contributed by atoms with E-state index in [1.54, 1.807) is 14.2 Å². The van der Waals surface area contributed by atoms with Gasteiger partial charge < -0.3 is 9.47 Å². The summed E-state index contributed by atoms with van der Waals surface area (Å²) in [5.41, 5.74) is 2.71. The molecule has 0 spiro atoms. The fourth-order valence-electron chi connectivity index (χ4n) is 2.91. The number of benzene rings is 2. The van der Waals surface area contributed by atoms with Crippen molar-refractivity contribution in [3.8, 4) is 22.1 Å². The second-order valence-corrected chi connectivity index (χ2v) is 8.70. The van der Waals surface area contributed by atoms with E-state index < -0.39 is 0 Å². The molecule has 4 aromatic rings. The Labute approximate surface area is 187 Å². The van der Waals surface area contributed by atoms with Gasteiger partial charge >= 0.3 is 0 Å². The summed E-state index contributed by atoms with van der Waals surface area (Å²) in [4.78, 5) is 17.9. The number of carbonyl (C=O) groups excluding carboxylic acids is 1. The van der Waals surface area contributed by atoms with Crippen molar-refractivity contribution in [2.75, 3.05) is 19.5 Å². The third kappa shape index (κ3) is 4.89. The number of hydrogen-bond acceptors (Lipinski definition) is 8. The van der Waals surface area contributed by atoms with Crippen molar-refractivity contribution in [2.45, 2.75) is 13.3 Å².